The lowest BCUT2D eigenvalue weighted by atomic mass is 9.90. The van der Waals surface area contributed by atoms with Crippen molar-refractivity contribution in [3.8, 4) is 0 Å². The lowest BCUT2D eigenvalue weighted by Gasteiger charge is -2.42. The fourth-order valence-electron chi connectivity index (χ4n) is 4.70. The molecule has 160 valence electrons. The van der Waals surface area contributed by atoms with Crippen LogP contribution in [0.25, 0.3) is 10.4 Å². The fraction of sp³-hybridized carbons (Fsp3) is 0.696. The molecule has 0 bridgehead atoms. The van der Waals surface area contributed by atoms with E-state index >= 15 is 0 Å². The molecule has 1 amide bonds. The van der Waals surface area contributed by atoms with E-state index < -0.39 is 0 Å². The van der Waals surface area contributed by atoms with Crippen molar-refractivity contribution in [3.05, 3.63) is 40.3 Å². The van der Waals surface area contributed by atoms with E-state index in [1.165, 1.54) is 38.5 Å². The van der Waals surface area contributed by atoms with E-state index in [-0.39, 0.29) is 11.9 Å². The van der Waals surface area contributed by atoms with Gasteiger partial charge in [-0.2, -0.15) is 0 Å². The third-order valence-electron chi connectivity index (χ3n) is 6.25. The van der Waals surface area contributed by atoms with Gasteiger partial charge in [-0.3, -0.25) is 9.69 Å². The Kier molecular flexibility index (Phi) is 10.0. The third-order valence-corrected chi connectivity index (χ3v) is 6.25. The number of carbonyl (C=O) groups is 1. The molecule has 0 aromatic heterocycles. The molecule has 1 aromatic rings. The number of likely N-dealkylation sites (N-methyl/N-ethyl adjacent to an activating group) is 2. The average Bonchev–Trinajstić information content (AvgIpc) is 2.75. The molecule has 29 heavy (non-hydrogen) atoms. The van der Waals surface area contributed by atoms with Gasteiger partial charge in [0.25, 0.3) is 5.91 Å². The van der Waals surface area contributed by atoms with Gasteiger partial charge in [0, 0.05) is 34.8 Å². The predicted octanol–water partition coefficient (Wildman–Crippen LogP) is 6.30. The number of hydrogen-bond acceptors (Lipinski definition) is 3. The molecule has 0 saturated heterocycles. The Morgan fingerprint density at radius 1 is 0.931 bits per heavy atom. The highest BCUT2D eigenvalue weighted by molar-refractivity contribution is 5.94. The lowest BCUT2D eigenvalue weighted by molar-refractivity contribution is 0.0460. The van der Waals surface area contributed by atoms with E-state index in [0.717, 1.165) is 25.9 Å². The second-order valence-electron chi connectivity index (χ2n) is 7.88. The van der Waals surface area contributed by atoms with Crippen LogP contribution in [0.1, 0.15) is 82.5 Å². The molecule has 2 rings (SSSR count). The van der Waals surface area contributed by atoms with Crippen molar-refractivity contribution in [2.45, 2.75) is 84.2 Å². The Labute approximate surface area is 175 Å². The largest absolute Gasteiger partial charge is 0.334 e. The highest BCUT2D eigenvalue weighted by Gasteiger charge is 2.33. The minimum atomic E-state index is 0.0826. The summed E-state index contributed by atoms with van der Waals surface area (Å²) in [6.07, 6.45) is 9.85. The van der Waals surface area contributed by atoms with Gasteiger partial charge in [-0.1, -0.05) is 69.6 Å². The van der Waals surface area contributed by atoms with E-state index in [0.29, 0.717) is 23.8 Å². The van der Waals surface area contributed by atoms with Gasteiger partial charge in [0.2, 0.25) is 0 Å². The second-order valence-corrected chi connectivity index (χ2v) is 7.88. The first-order chi connectivity index (χ1) is 14.2. The van der Waals surface area contributed by atoms with Crippen LogP contribution in [0.2, 0.25) is 0 Å². The number of carbonyl (C=O) groups excluding carboxylic acids is 1. The smallest absolute Gasteiger partial charge is 0.254 e. The zero-order valence-electron chi connectivity index (χ0n) is 18.4. The van der Waals surface area contributed by atoms with Gasteiger partial charge in [-0.25, -0.2) is 0 Å². The molecule has 1 aliphatic rings. The van der Waals surface area contributed by atoms with Crippen LogP contribution in [-0.2, 0) is 0 Å². The summed E-state index contributed by atoms with van der Waals surface area (Å²) in [6.45, 7) is 9.29. The van der Waals surface area contributed by atoms with E-state index in [9.17, 15) is 4.79 Å². The van der Waals surface area contributed by atoms with Crippen LogP contribution in [0.3, 0.4) is 0 Å². The maximum Gasteiger partial charge on any atom is 0.254 e. The van der Waals surface area contributed by atoms with Crippen LogP contribution in [-0.4, -0.2) is 47.4 Å². The van der Waals surface area contributed by atoms with Gasteiger partial charge in [0.1, 0.15) is 0 Å². The molecule has 0 spiro atoms. The maximum absolute atomic E-state index is 13.4. The molecule has 0 N–H and O–H groups in total. The van der Waals surface area contributed by atoms with Gasteiger partial charge in [0.15, 0.2) is 0 Å². The average molecular weight is 400 g/mol. The van der Waals surface area contributed by atoms with Crippen LogP contribution < -0.4 is 0 Å². The van der Waals surface area contributed by atoms with E-state index in [2.05, 4.69) is 40.6 Å². The monoisotopic (exact) mass is 399 g/mol. The van der Waals surface area contributed by atoms with Crippen molar-refractivity contribution < 1.29 is 4.79 Å². The molecule has 6 heteroatoms. The van der Waals surface area contributed by atoms with Crippen molar-refractivity contribution in [2.24, 2.45) is 5.11 Å². The molecule has 2 unspecified atom stereocenters. The van der Waals surface area contributed by atoms with Crippen molar-refractivity contribution in [1.82, 2.24) is 9.80 Å². The Bertz CT molecular complexity index is 664. The molecule has 6 nitrogen and oxygen atoms in total. The number of hydrogen-bond donors (Lipinski definition) is 0. The maximum atomic E-state index is 13.4. The highest BCUT2D eigenvalue weighted by atomic mass is 16.2. The molecule has 1 fully saturated rings. The topological polar surface area (TPSA) is 72.3 Å². The summed E-state index contributed by atoms with van der Waals surface area (Å²) < 4.78 is 0. The number of benzene rings is 1. The first-order valence-electron chi connectivity index (χ1n) is 11.4. The SMILES string of the molecule is CCN(CC)C1CCCCCCCCC1N(CC)C(=O)c1ccc(N=[N+]=[N-])cc1. The van der Waals surface area contributed by atoms with Crippen LogP contribution in [0.4, 0.5) is 5.69 Å². The summed E-state index contributed by atoms with van der Waals surface area (Å²) in [5, 5.41) is 3.61. The Hall–Kier alpha value is -2.04. The number of azide groups is 1. The van der Waals surface area contributed by atoms with Crippen LogP contribution in [0, 0.1) is 0 Å². The summed E-state index contributed by atoms with van der Waals surface area (Å²) in [5.41, 5.74) is 9.79. The van der Waals surface area contributed by atoms with E-state index in [1.54, 1.807) is 24.3 Å². The van der Waals surface area contributed by atoms with Crippen LogP contribution in [0.15, 0.2) is 29.4 Å². The highest BCUT2D eigenvalue weighted by Crippen LogP contribution is 2.26. The number of rotatable bonds is 7. The standard InChI is InChI=1S/C23H37N5O/c1-4-27(5-2)21-13-11-9-7-8-10-12-14-22(21)28(6-3)23(29)19-15-17-20(18-16-19)25-26-24/h15-18,21-22H,4-14H2,1-3H3. The van der Waals surface area contributed by atoms with Gasteiger partial charge in [-0.05, 0) is 50.5 Å². The molecule has 0 aliphatic heterocycles. The van der Waals surface area contributed by atoms with Crippen molar-refractivity contribution in [3.63, 3.8) is 0 Å². The summed E-state index contributed by atoms with van der Waals surface area (Å²) in [6, 6.07) is 7.65. The molecule has 1 aliphatic carbocycles. The van der Waals surface area contributed by atoms with Gasteiger partial charge in [-0.15, -0.1) is 0 Å². The normalized spacial score (nSPS) is 20.7. The summed E-state index contributed by atoms with van der Waals surface area (Å²) >= 11 is 0. The molecule has 1 aromatic carbocycles. The van der Waals surface area contributed by atoms with Crippen molar-refractivity contribution >= 4 is 11.6 Å². The summed E-state index contributed by atoms with van der Waals surface area (Å²) in [5.74, 6) is 0.0826. The second kappa shape index (κ2) is 12.5. The zero-order chi connectivity index (χ0) is 21.1. The van der Waals surface area contributed by atoms with Gasteiger partial charge in [0.05, 0.1) is 0 Å². The first-order valence-corrected chi connectivity index (χ1v) is 11.4. The Morgan fingerprint density at radius 2 is 1.48 bits per heavy atom. The molecule has 0 radical (unpaired) electrons. The lowest BCUT2D eigenvalue weighted by Crippen LogP contribution is -2.53. The summed E-state index contributed by atoms with van der Waals surface area (Å²) in [4.78, 5) is 20.9. The number of nitrogens with zero attached hydrogens (tertiary/aromatic N) is 5. The quantitative estimate of drug-likeness (QED) is 0.306. The minimum absolute atomic E-state index is 0.0826. The molecular weight excluding hydrogens is 362 g/mol. The first kappa shape index (κ1) is 23.2. The molecule has 2 atom stereocenters. The van der Waals surface area contributed by atoms with Crippen LogP contribution >= 0.6 is 0 Å². The fourth-order valence-corrected chi connectivity index (χ4v) is 4.70. The van der Waals surface area contributed by atoms with E-state index in [1.807, 2.05) is 0 Å². The van der Waals surface area contributed by atoms with Crippen LogP contribution in [0.5, 0.6) is 0 Å². The number of amides is 1. The molecular formula is C23H37N5O. The predicted molar refractivity (Wildman–Crippen MR) is 119 cm³/mol. The third kappa shape index (κ3) is 6.48. The van der Waals surface area contributed by atoms with E-state index in [4.69, 9.17) is 5.53 Å². The zero-order valence-corrected chi connectivity index (χ0v) is 18.4. The van der Waals surface area contributed by atoms with Crippen molar-refractivity contribution in [2.75, 3.05) is 19.6 Å². The Balaban J connectivity index is 2.31. The Morgan fingerprint density at radius 3 is 2.00 bits per heavy atom. The minimum Gasteiger partial charge on any atom is -0.334 e. The van der Waals surface area contributed by atoms with Gasteiger partial charge < -0.3 is 4.90 Å². The van der Waals surface area contributed by atoms with Gasteiger partial charge >= 0.3 is 0 Å². The summed E-state index contributed by atoms with van der Waals surface area (Å²) in [7, 11) is 0. The molecule has 0 heterocycles. The molecule has 1 saturated carbocycles. The van der Waals surface area contributed by atoms with Crippen molar-refractivity contribution in [1.29, 1.82) is 0 Å².